The SMILES string of the molecule is c1ccc(C[C@H]2COC3(CCCCC3)N2)cc1. The molecule has 1 heterocycles. The molecule has 1 saturated carbocycles. The van der Waals surface area contributed by atoms with E-state index in [1.807, 2.05) is 0 Å². The number of ether oxygens (including phenoxy) is 1. The van der Waals surface area contributed by atoms with Crippen LogP contribution in [0.15, 0.2) is 30.3 Å². The van der Waals surface area contributed by atoms with Crippen molar-refractivity contribution in [3.05, 3.63) is 35.9 Å². The zero-order chi connectivity index (χ0) is 11.6. The van der Waals surface area contributed by atoms with E-state index in [4.69, 9.17) is 4.74 Å². The molecule has 0 amide bonds. The van der Waals surface area contributed by atoms with E-state index >= 15 is 0 Å². The van der Waals surface area contributed by atoms with E-state index in [0.717, 1.165) is 13.0 Å². The molecule has 2 nitrogen and oxygen atoms in total. The third kappa shape index (κ3) is 2.53. The van der Waals surface area contributed by atoms with E-state index in [1.165, 1.54) is 37.7 Å². The number of rotatable bonds is 2. The maximum absolute atomic E-state index is 6.06. The zero-order valence-corrected chi connectivity index (χ0v) is 10.3. The van der Waals surface area contributed by atoms with E-state index in [-0.39, 0.29) is 5.72 Å². The molecule has 2 heteroatoms. The van der Waals surface area contributed by atoms with Crippen LogP contribution in [0.2, 0.25) is 0 Å². The summed E-state index contributed by atoms with van der Waals surface area (Å²) >= 11 is 0. The quantitative estimate of drug-likeness (QED) is 0.845. The summed E-state index contributed by atoms with van der Waals surface area (Å²) in [7, 11) is 0. The summed E-state index contributed by atoms with van der Waals surface area (Å²) in [5.74, 6) is 0. The van der Waals surface area contributed by atoms with Gasteiger partial charge in [0.2, 0.25) is 0 Å². The predicted molar refractivity (Wildman–Crippen MR) is 68.8 cm³/mol. The highest BCUT2D eigenvalue weighted by Crippen LogP contribution is 2.33. The first kappa shape index (κ1) is 11.2. The van der Waals surface area contributed by atoms with Crippen molar-refractivity contribution in [1.82, 2.24) is 5.32 Å². The monoisotopic (exact) mass is 231 g/mol. The molecule has 0 aromatic heterocycles. The molecule has 0 unspecified atom stereocenters. The van der Waals surface area contributed by atoms with Crippen LogP contribution in [0, 0.1) is 0 Å². The second kappa shape index (κ2) is 4.79. The molecule has 1 aromatic carbocycles. The lowest BCUT2D eigenvalue weighted by Crippen LogP contribution is -2.46. The minimum Gasteiger partial charge on any atom is -0.359 e. The Morgan fingerprint density at radius 1 is 1.12 bits per heavy atom. The van der Waals surface area contributed by atoms with E-state index in [2.05, 4.69) is 35.6 Å². The van der Waals surface area contributed by atoms with Crippen molar-refractivity contribution in [2.45, 2.75) is 50.3 Å². The summed E-state index contributed by atoms with van der Waals surface area (Å²) in [6.07, 6.45) is 7.46. The summed E-state index contributed by atoms with van der Waals surface area (Å²) in [5.41, 5.74) is 1.43. The van der Waals surface area contributed by atoms with Gasteiger partial charge in [-0.1, -0.05) is 36.8 Å². The first-order valence-electron chi connectivity index (χ1n) is 6.82. The molecule has 1 N–H and O–H groups in total. The summed E-state index contributed by atoms with van der Waals surface area (Å²) in [5, 5.41) is 3.73. The zero-order valence-electron chi connectivity index (χ0n) is 10.3. The predicted octanol–water partition coefficient (Wildman–Crippen LogP) is 2.88. The number of benzene rings is 1. The van der Waals surface area contributed by atoms with Crippen LogP contribution in [0.1, 0.15) is 37.7 Å². The summed E-state index contributed by atoms with van der Waals surface area (Å²) in [6.45, 7) is 0.870. The first-order valence-corrected chi connectivity index (χ1v) is 6.82. The van der Waals surface area contributed by atoms with Gasteiger partial charge >= 0.3 is 0 Å². The van der Waals surface area contributed by atoms with Crippen molar-refractivity contribution in [3.8, 4) is 0 Å². The van der Waals surface area contributed by atoms with Gasteiger partial charge in [-0.05, 0) is 37.7 Å². The van der Waals surface area contributed by atoms with Gasteiger partial charge in [0.05, 0.1) is 6.61 Å². The summed E-state index contributed by atoms with van der Waals surface area (Å²) in [6, 6.07) is 11.2. The van der Waals surface area contributed by atoms with Crippen LogP contribution < -0.4 is 5.32 Å². The van der Waals surface area contributed by atoms with Crippen molar-refractivity contribution in [2.75, 3.05) is 6.61 Å². The molecule has 3 rings (SSSR count). The highest BCUT2D eigenvalue weighted by molar-refractivity contribution is 5.16. The van der Waals surface area contributed by atoms with Gasteiger partial charge in [0.15, 0.2) is 0 Å². The first-order chi connectivity index (χ1) is 8.36. The second-order valence-corrected chi connectivity index (χ2v) is 5.40. The molecule has 92 valence electrons. The maximum Gasteiger partial charge on any atom is 0.119 e. The van der Waals surface area contributed by atoms with Gasteiger partial charge in [-0.3, -0.25) is 5.32 Å². The number of hydrogen-bond acceptors (Lipinski definition) is 2. The van der Waals surface area contributed by atoms with Gasteiger partial charge in [0.1, 0.15) is 5.72 Å². The van der Waals surface area contributed by atoms with Crippen LogP contribution >= 0.6 is 0 Å². The van der Waals surface area contributed by atoms with Crippen LogP contribution in [-0.4, -0.2) is 18.4 Å². The van der Waals surface area contributed by atoms with Crippen LogP contribution in [0.4, 0.5) is 0 Å². The lowest BCUT2D eigenvalue weighted by Gasteiger charge is -2.33. The Labute approximate surface area is 103 Å². The number of hydrogen-bond donors (Lipinski definition) is 1. The fraction of sp³-hybridized carbons (Fsp3) is 0.600. The Hall–Kier alpha value is -0.860. The Bertz CT molecular complexity index is 356. The standard InChI is InChI=1S/C15H21NO/c1-3-7-13(8-4-1)11-14-12-17-15(16-14)9-5-2-6-10-15/h1,3-4,7-8,14,16H,2,5-6,9-12H2/t14-/m0/s1. The van der Waals surface area contributed by atoms with Gasteiger partial charge in [0, 0.05) is 6.04 Å². The topological polar surface area (TPSA) is 21.3 Å². The summed E-state index contributed by atoms with van der Waals surface area (Å²) in [4.78, 5) is 0. The summed E-state index contributed by atoms with van der Waals surface area (Å²) < 4.78 is 6.06. The van der Waals surface area contributed by atoms with Gasteiger partial charge in [0.25, 0.3) is 0 Å². The molecule has 1 aromatic rings. The van der Waals surface area contributed by atoms with Crippen molar-refractivity contribution < 1.29 is 4.74 Å². The fourth-order valence-electron chi connectivity index (χ4n) is 3.14. The maximum atomic E-state index is 6.06. The molecular formula is C15H21NO. The van der Waals surface area contributed by atoms with Crippen molar-refractivity contribution in [3.63, 3.8) is 0 Å². The fourth-order valence-corrected chi connectivity index (χ4v) is 3.14. The molecule has 2 aliphatic rings. The lowest BCUT2D eigenvalue weighted by atomic mass is 9.91. The Kier molecular flexibility index (Phi) is 3.17. The molecule has 0 bridgehead atoms. The van der Waals surface area contributed by atoms with E-state index in [0.29, 0.717) is 6.04 Å². The Morgan fingerprint density at radius 3 is 2.65 bits per heavy atom. The molecule has 1 aliphatic heterocycles. The molecule has 1 aliphatic carbocycles. The average molecular weight is 231 g/mol. The normalized spacial score (nSPS) is 27.4. The van der Waals surface area contributed by atoms with Crippen LogP contribution in [0.5, 0.6) is 0 Å². The highest BCUT2D eigenvalue weighted by atomic mass is 16.5. The van der Waals surface area contributed by atoms with Crippen molar-refractivity contribution >= 4 is 0 Å². The van der Waals surface area contributed by atoms with Crippen LogP contribution in [0.3, 0.4) is 0 Å². The second-order valence-electron chi connectivity index (χ2n) is 5.40. The molecular weight excluding hydrogens is 210 g/mol. The van der Waals surface area contributed by atoms with Crippen molar-refractivity contribution in [2.24, 2.45) is 0 Å². The van der Waals surface area contributed by atoms with Gasteiger partial charge in [-0.25, -0.2) is 0 Å². The highest BCUT2D eigenvalue weighted by Gasteiger charge is 2.40. The van der Waals surface area contributed by atoms with E-state index < -0.39 is 0 Å². The molecule has 17 heavy (non-hydrogen) atoms. The van der Waals surface area contributed by atoms with Gasteiger partial charge < -0.3 is 4.74 Å². The lowest BCUT2D eigenvalue weighted by molar-refractivity contribution is -0.0383. The minimum absolute atomic E-state index is 0.0255. The molecule has 1 spiro atoms. The largest absolute Gasteiger partial charge is 0.359 e. The molecule has 2 fully saturated rings. The third-order valence-electron chi connectivity index (χ3n) is 4.01. The van der Waals surface area contributed by atoms with E-state index in [9.17, 15) is 0 Å². The minimum atomic E-state index is 0.0255. The van der Waals surface area contributed by atoms with Gasteiger partial charge in [-0.15, -0.1) is 0 Å². The Morgan fingerprint density at radius 2 is 1.88 bits per heavy atom. The Balaban J connectivity index is 1.60. The van der Waals surface area contributed by atoms with Crippen LogP contribution in [-0.2, 0) is 11.2 Å². The van der Waals surface area contributed by atoms with Gasteiger partial charge in [-0.2, -0.15) is 0 Å². The van der Waals surface area contributed by atoms with E-state index in [1.54, 1.807) is 0 Å². The molecule has 1 saturated heterocycles. The smallest absolute Gasteiger partial charge is 0.119 e. The number of nitrogens with one attached hydrogen (secondary N) is 1. The third-order valence-corrected chi connectivity index (χ3v) is 4.01. The van der Waals surface area contributed by atoms with Crippen molar-refractivity contribution in [1.29, 1.82) is 0 Å². The average Bonchev–Trinajstić information content (AvgIpc) is 2.74. The van der Waals surface area contributed by atoms with Crippen LogP contribution in [0.25, 0.3) is 0 Å². The molecule has 0 radical (unpaired) electrons. The molecule has 1 atom stereocenters.